The van der Waals surface area contributed by atoms with Crippen molar-refractivity contribution in [3.8, 4) is 11.8 Å². The van der Waals surface area contributed by atoms with Gasteiger partial charge in [-0.15, -0.1) is 0 Å². The van der Waals surface area contributed by atoms with Crippen molar-refractivity contribution in [3.63, 3.8) is 0 Å². The first-order valence-corrected chi connectivity index (χ1v) is 7.02. The Bertz CT molecular complexity index is 528. The molecule has 1 aromatic carbocycles. The van der Waals surface area contributed by atoms with Crippen molar-refractivity contribution >= 4 is 5.97 Å². The van der Waals surface area contributed by atoms with Crippen LogP contribution in [0.3, 0.4) is 0 Å². The second kappa shape index (κ2) is 5.68. The highest BCUT2D eigenvalue weighted by Crippen LogP contribution is 2.45. The van der Waals surface area contributed by atoms with Gasteiger partial charge < -0.3 is 10.2 Å². The van der Waals surface area contributed by atoms with E-state index >= 15 is 0 Å². The van der Waals surface area contributed by atoms with Gasteiger partial charge in [-0.25, -0.2) is 0 Å². The van der Waals surface area contributed by atoms with Gasteiger partial charge in [0.05, 0.1) is 0 Å². The second-order valence-corrected chi connectivity index (χ2v) is 5.64. The van der Waals surface area contributed by atoms with E-state index in [0.717, 1.165) is 24.8 Å². The highest BCUT2D eigenvalue weighted by Gasteiger charge is 2.52. The predicted octanol–water partition coefficient (Wildman–Crippen LogP) is 2.82. The van der Waals surface area contributed by atoms with Gasteiger partial charge in [-0.1, -0.05) is 49.3 Å². The molecule has 1 aliphatic carbocycles. The van der Waals surface area contributed by atoms with Crippen LogP contribution >= 0.6 is 0 Å². The smallest absolute Gasteiger partial charge is 0.313 e. The van der Waals surface area contributed by atoms with Gasteiger partial charge in [-0.05, 0) is 31.9 Å². The Morgan fingerprint density at radius 2 is 1.80 bits per heavy atom. The number of carboxylic acid groups (broad SMARTS) is 1. The fraction of sp³-hybridized carbons (Fsp3) is 0.471. The number of aliphatic hydroxyl groups is 1. The Morgan fingerprint density at radius 1 is 1.20 bits per heavy atom. The maximum absolute atomic E-state index is 11.7. The molecule has 3 nitrogen and oxygen atoms in total. The Labute approximate surface area is 119 Å². The molecule has 20 heavy (non-hydrogen) atoms. The monoisotopic (exact) mass is 272 g/mol. The first kappa shape index (κ1) is 14.6. The lowest BCUT2D eigenvalue weighted by Crippen LogP contribution is -2.51. The molecule has 0 saturated heterocycles. The number of benzene rings is 1. The molecule has 1 aromatic rings. The molecule has 0 aliphatic heterocycles. The van der Waals surface area contributed by atoms with Gasteiger partial charge in [0, 0.05) is 5.56 Å². The molecule has 1 atom stereocenters. The van der Waals surface area contributed by atoms with Crippen LogP contribution in [-0.4, -0.2) is 21.8 Å². The summed E-state index contributed by atoms with van der Waals surface area (Å²) < 4.78 is 0. The van der Waals surface area contributed by atoms with Gasteiger partial charge in [0.2, 0.25) is 0 Å². The van der Waals surface area contributed by atoms with E-state index in [1.807, 2.05) is 30.3 Å². The molecule has 0 heterocycles. The molecular weight excluding hydrogens is 252 g/mol. The van der Waals surface area contributed by atoms with E-state index in [1.54, 1.807) is 0 Å². The minimum absolute atomic E-state index is 0.485. The molecule has 3 heteroatoms. The summed E-state index contributed by atoms with van der Waals surface area (Å²) in [5.74, 6) is 4.75. The van der Waals surface area contributed by atoms with Crippen LogP contribution in [0.25, 0.3) is 0 Å². The average Bonchev–Trinajstić information content (AvgIpc) is 2.47. The third kappa shape index (κ3) is 2.71. The molecule has 2 rings (SSSR count). The van der Waals surface area contributed by atoms with Gasteiger partial charge in [-0.3, -0.25) is 4.79 Å². The van der Waals surface area contributed by atoms with E-state index in [9.17, 15) is 15.0 Å². The van der Waals surface area contributed by atoms with Gasteiger partial charge in [0.25, 0.3) is 0 Å². The zero-order valence-electron chi connectivity index (χ0n) is 11.7. The van der Waals surface area contributed by atoms with Crippen molar-refractivity contribution in [2.75, 3.05) is 0 Å². The molecule has 0 aromatic heterocycles. The van der Waals surface area contributed by atoms with Crippen molar-refractivity contribution in [2.45, 2.75) is 44.6 Å². The van der Waals surface area contributed by atoms with E-state index in [1.165, 1.54) is 6.92 Å². The van der Waals surface area contributed by atoms with E-state index in [0.29, 0.717) is 12.8 Å². The molecule has 0 radical (unpaired) electrons. The Kier molecular flexibility index (Phi) is 4.15. The first-order chi connectivity index (χ1) is 9.48. The van der Waals surface area contributed by atoms with Crippen molar-refractivity contribution in [1.29, 1.82) is 0 Å². The van der Waals surface area contributed by atoms with E-state index in [2.05, 4.69) is 11.8 Å². The predicted molar refractivity (Wildman–Crippen MR) is 77.1 cm³/mol. The summed E-state index contributed by atoms with van der Waals surface area (Å²) in [6.07, 6.45) is 3.65. The minimum Gasteiger partial charge on any atom is -0.481 e. The molecule has 1 fully saturated rings. The Hall–Kier alpha value is -1.79. The van der Waals surface area contributed by atoms with Crippen molar-refractivity contribution < 1.29 is 15.0 Å². The summed E-state index contributed by atoms with van der Waals surface area (Å²) in [5, 5.41) is 20.3. The SMILES string of the molecule is CC(O)(C#Cc1ccccc1)C1(C(=O)O)CCCCC1. The van der Waals surface area contributed by atoms with Crippen molar-refractivity contribution in [2.24, 2.45) is 5.41 Å². The van der Waals surface area contributed by atoms with Crippen molar-refractivity contribution in [1.82, 2.24) is 0 Å². The first-order valence-electron chi connectivity index (χ1n) is 7.02. The highest BCUT2D eigenvalue weighted by atomic mass is 16.4. The molecule has 1 aliphatic rings. The standard InChI is InChI=1S/C17H20O3/c1-16(20,13-10-14-8-4-2-5-9-14)17(15(18)19)11-6-3-7-12-17/h2,4-5,8-9,20H,3,6-7,11-12H2,1H3,(H,18,19). The van der Waals surface area contributed by atoms with E-state index in [4.69, 9.17) is 0 Å². The largest absolute Gasteiger partial charge is 0.481 e. The van der Waals surface area contributed by atoms with Crippen LogP contribution in [0.1, 0.15) is 44.6 Å². The molecule has 1 saturated carbocycles. The maximum atomic E-state index is 11.7. The quantitative estimate of drug-likeness (QED) is 0.814. The van der Waals surface area contributed by atoms with E-state index in [-0.39, 0.29) is 0 Å². The normalized spacial score (nSPS) is 20.3. The fourth-order valence-electron chi connectivity index (χ4n) is 2.90. The van der Waals surface area contributed by atoms with Crippen molar-refractivity contribution in [3.05, 3.63) is 35.9 Å². The summed E-state index contributed by atoms with van der Waals surface area (Å²) >= 11 is 0. The van der Waals surface area contributed by atoms with Crippen LogP contribution < -0.4 is 0 Å². The molecule has 0 amide bonds. The topological polar surface area (TPSA) is 57.5 Å². The van der Waals surface area contributed by atoms with Gasteiger partial charge in [0.1, 0.15) is 11.0 Å². The number of aliphatic carboxylic acids is 1. The lowest BCUT2D eigenvalue weighted by atomic mass is 9.64. The van der Waals surface area contributed by atoms with Gasteiger partial charge >= 0.3 is 5.97 Å². The molecule has 2 N–H and O–H groups in total. The van der Waals surface area contributed by atoms with E-state index < -0.39 is 17.0 Å². The second-order valence-electron chi connectivity index (χ2n) is 5.64. The van der Waals surface area contributed by atoms with Crippen LogP contribution in [0, 0.1) is 17.3 Å². The third-order valence-corrected chi connectivity index (χ3v) is 4.27. The molecule has 106 valence electrons. The van der Waals surface area contributed by atoms with Crippen LogP contribution in [0.5, 0.6) is 0 Å². The minimum atomic E-state index is -1.52. The number of carboxylic acids is 1. The Balaban J connectivity index is 2.32. The number of hydrogen-bond acceptors (Lipinski definition) is 2. The third-order valence-electron chi connectivity index (χ3n) is 4.27. The van der Waals surface area contributed by atoms with Crippen LogP contribution in [-0.2, 0) is 4.79 Å². The van der Waals surface area contributed by atoms with Crippen LogP contribution in [0.2, 0.25) is 0 Å². The summed E-state index contributed by atoms with van der Waals surface area (Å²) in [5.41, 5.74) is -1.88. The van der Waals surface area contributed by atoms with Crippen LogP contribution in [0.4, 0.5) is 0 Å². The summed E-state index contributed by atoms with van der Waals surface area (Å²) in [7, 11) is 0. The zero-order valence-corrected chi connectivity index (χ0v) is 11.7. The number of hydrogen-bond donors (Lipinski definition) is 2. The Morgan fingerprint density at radius 3 is 2.35 bits per heavy atom. The molecule has 0 spiro atoms. The average molecular weight is 272 g/mol. The van der Waals surface area contributed by atoms with Gasteiger partial charge in [0.15, 0.2) is 0 Å². The zero-order chi connectivity index (χ0) is 14.6. The lowest BCUT2D eigenvalue weighted by molar-refractivity contribution is -0.165. The summed E-state index contributed by atoms with van der Waals surface area (Å²) in [6.45, 7) is 1.53. The molecular formula is C17H20O3. The summed E-state index contributed by atoms with van der Waals surface area (Å²) in [6, 6.07) is 9.32. The van der Waals surface area contributed by atoms with Crippen LogP contribution in [0.15, 0.2) is 30.3 Å². The lowest BCUT2D eigenvalue weighted by Gasteiger charge is -2.41. The maximum Gasteiger partial charge on any atom is 0.313 e. The summed E-state index contributed by atoms with van der Waals surface area (Å²) in [4.78, 5) is 11.7. The number of carbonyl (C=O) groups is 1. The number of rotatable bonds is 2. The highest BCUT2D eigenvalue weighted by molar-refractivity contribution is 5.77. The molecule has 0 bridgehead atoms. The fourth-order valence-corrected chi connectivity index (χ4v) is 2.90. The molecule has 1 unspecified atom stereocenters. The van der Waals surface area contributed by atoms with Gasteiger partial charge in [-0.2, -0.15) is 0 Å².